The van der Waals surface area contributed by atoms with Gasteiger partial charge in [-0.1, -0.05) is 0 Å². The largest absolute Gasteiger partial charge is 0.501 e. The molecule has 9 heteroatoms. The molecule has 1 aromatic rings. The molecular formula is C12H17N3O5S. The molecule has 0 aliphatic carbocycles. The van der Waals surface area contributed by atoms with Crippen LogP contribution >= 0.6 is 0 Å². The summed E-state index contributed by atoms with van der Waals surface area (Å²) >= 11 is 0. The Kier molecular flexibility index (Phi) is 4.61. The lowest BCUT2D eigenvalue weighted by atomic mass is 10.3. The second-order valence-corrected chi connectivity index (χ2v) is 6.02. The van der Waals surface area contributed by atoms with E-state index in [1.807, 2.05) is 0 Å². The first kappa shape index (κ1) is 15.5. The zero-order valence-corrected chi connectivity index (χ0v) is 12.7. The molecule has 1 saturated heterocycles. The van der Waals surface area contributed by atoms with Crippen molar-refractivity contribution in [1.82, 2.24) is 9.55 Å². The maximum absolute atomic E-state index is 12.1. The maximum Gasteiger partial charge on any atom is 0.361 e. The standard InChI is InChI=1S/C12H17N3O5S/c1-3-20-11(18)8-9(16)10(17)14(2)12(13-8)15-6-4-5-7-21(15)19/h16H,3-7H2,1-2H3. The molecule has 2 heterocycles. The number of hydrogen-bond donors (Lipinski definition) is 1. The van der Waals surface area contributed by atoms with Crippen LogP contribution in [-0.4, -0.2) is 43.7 Å². The third kappa shape index (κ3) is 2.92. The molecule has 1 aromatic heterocycles. The summed E-state index contributed by atoms with van der Waals surface area (Å²) in [6.45, 7) is 2.18. The van der Waals surface area contributed by atoms with Gasteiger partial charge in [-0.25, -0.2) is 14.0 Å². The van der Waals surface area contributed by atoms with E-state index in [1.165, 1.54) is 11.4 Å². The molecule has 0 amide bonds. The average molecular weight is 315 g/mol. The third-order valence-electron chi connectivity index (χ3n) is 3.11. The van der Waals surface area contributed by atoms with Crippen LogP contribution in [0.25, 0.3) is 0 Å². The summed E-state index contributed by atoms with van der Waals surface area (Å²) in [5.74, 6) is -1.07. The molecule has 8 nitrogen and oxygen atoms in total. The summed E-state index contributed by atoms with van der Waals surface area (Å²) in [5, 5.41) is 9.77. The van der Waals surface area contributed by atoms with Gasteiger partial charge in [0.25, 0.3) is 5.56 Å². The van der Waals surface area contributed by atoms with E-state index >= 15 is 0 Å². The topological polar surface area (TPSA) is 102 Å². The number of esters is 1. The number of anilines is 1. The Morgan fingerprint density at radius 3 is 2.81 bits per heavy atom. The van der Waals surface area contributed by atoms with Crippen LogP contribution in [0, 0.1) is 0 Å². The van der Waals surface area contributed by atoms with Crippen molar-refractivity contribution in [2.75, 3.05) is 23.2 Å². The molecule has 0 spiro atoms. The minimum Gasteiger partial charge on any atom is -0.501 e. The second kappa shape index (κ2) is 6.25. The van der Waals surface area contributed by atoms with E-state index in [-0.39, 0.29) is 12.6 Å². The van der Waals surface area contributed by atoms with Gasteiger partial charge in [0.1, 0.15) is 11.0 Å². The van der Waals surface area contributed by atoms with Gasteiger partial charge in [-0.15, -0.1) is 0 Å². The first-order chi connectivity index (χ1) is 9.97. The average Bonchev–Trinajstić information content (AvgIpc) is 2.46. The van der Waals surface area contributed by atoms with Crippen LogP contribution in [0.3, 0.4) is 0 Å². The highest BCUT2D eigenvalue weighted by molar-refractivity contribution is 7.86. The van der Waals surface area contributed by atoms with E-state index in [9.17, 15) is 18.9 Å². The summed E-state index contributed by atoms with van der Waals surface area (Å²) in [7, 11) is 0.106. The normalized spacial score (nSPS) is 18.6. The van der Waals surface area contributed by atoms with Crippen LogP contribution in [0.1, 0.15) is 30.3 Å². The van der Waals surface area contributed by atoms with Crippen LogP contribution in [0.4, 0.5) is 5.95 Å². The number of rotatable bonds is 3. The van der Waals surface area contributed by atoms with Crippen molar-refractivity contribution in [2.45, 2.75) is 19.8 Å². The first-order valence-corrected chi connectivity index (χ1v) is 7.88. The smallest absolute Gasteiger partial charge is 0.361 e. The molecule has 1 unspecified atom stereocenters. The SMILES string of the molecule is CCOC(=O)c1nc(N2CCCCS2=O)n(C)c(=O)c1O. The summed E-state index contributed by atoms with van der Waals surface area (Å²) in [5.41, 5.74) is -1.22. The number of carbonyl (C=O) groups excluding carboxylic acids is 1. The summed E-state index contributed by atoms with van der Waals surface area (Å²) in [6.07, 6.45) is 1.65. The van der Waals surface area contributed by atoms with Crippen molar-refractivity contribution in [3.8, 4) is 5.75 Å². The number of aromatic hydroxyl groups is 1. The van der Waals surface area contributed by atoms with E-state index in [4.69, 9.17) is 4.74 Å². The zero-order chi connectivity index (χ0) is 15.6. The Morgan fingerprint density at radius 1 is 1.48 bits per heavy atom. The fourth-order valence-electron chi connectivity index (χ4n) is 2.03. The Hall–Kier alpha value is -1.90. The fraction of sp³-hybridized carbons (Fsp3) is 0.583. The van der Waals surface area contributed by atoms with Crippen LogP contribution < -0.4 is 9.86 Å². The predicted octanol–water partition coefficient (Wildman–Crippen LogP) is -0.0735. The molecule has 0 saturated carbocycles. The molecular weight excluding hydrogens is 298 g/mol. The van der Waals surface area contributed by atoms with Gasteiger partial charge in [0.15, 0.2) is 5.69 Å². The molecule has 1 aliphatic heterocycles. The number of aromatic nitrogens is 2. The Bertz CT molecular complexity index is 643. The van der Waals surface area contributed by atoms with Gasteiger partial charge >= 0.3 is 5.97 Å². The van der Waals surface area contributed by atoms with E-state index in [1.54, 1.807) is 6.92 Å². The molecule has 0 aromatic carbocycles. The number of hydrogen-bond acceptors (Lipinski definition) is 6. The lowest BCUT2D eigenvalue weighted by Gasteiger charge is -2.27. The van der Waals surface area contributed by atoms with E-state index in [0.717, 1.165) is 17.4 Å². The van der Waals surface area contributed by atoms with Crippen molar-refractivity contribution < 1.29 is 18.8 Å². The highest BCUT2D eigenvalue weighted by Crippen LogP contribution is 2.21. The van der Waals surface area contributed by atoms with Gasteiger partial charge in [-0.05, 0) is 19.8 Å². The van der Waals surface area contributed by atoms with E-state index in [0.29, 0.717) is 12.3 Å². The molecule has 1 fully saturated rings. The molecule has 1 aliphatic rings. The number of carbonyl (C=O) groups is 1. The Morgan fingerprint density at radius 2 is 2.19 bits per heavy atom. The fourth-order valence-corrected chi connectivity index (χ4v) is 3.38. The lowest BCUT2D eigenvalue weighted by Crippen LogP contribution is -2.38. The Labute approximate surface area is 123 Å². The quantitative estimate of drug-likeness (QED) is 0.783. The summed E-state index contributed by atoms with van der Waals surface area (Å²) < 4.78 is 19.4. The highest BCUT2D eigenvalue weighted by Gasteiger charge is 2.27. The Balaban J connectivity index is 2.53. The minimum absolute atomic E-state index is 0.0962. The van der Waals surface area contributed by atoms with Gasteiger partial charge in [-0.2, -0.15) is 0 Å². The molecule has 21 heavy (non-hydrogen) atoms. The molecule has 1 atom stereocenters. The molecule has 2 rings (SSSR count). The second-order valence-electron chi connectivity index (χ2n) is 4.53. The van der Waals surface area contributed by atoms with Gasteiger partial charge in [0.2, 0.25) is 11.7 Å². The minimum atomic E-state index is -1.30. The van der Waals surface area contributed by atoms with Gasteiger partial charge in [-0.3, -0.25) is 13.7 Å². The summed E-state index contributed by atoms with van der Waals surface area (Å²) in [4.78, 5) is 27.8. The van der Waals surface area contributed by atoms with Crippen molar-refractivity contribution in [3.63, 3.8) is 0 Å². The van der Waals surface area contributed by atoms with Crippen LogP contribution in [0.5, 0.6) is 5.75 Å². The maximum atomic E-state index is 12.1. The van der Waals surface area contributed by atoms with Crippen molar-refractivity contribution in [2.24, 2.45) is 7.05 Å². The number of ether oxygens (including phenoxy) is 1. The molecule has 0 radical (unpaired) electrons. The summed E-state index contributed by atoms with van der Waals surface area (Å²) in [6, 6.07) is 0. The van der Waals surface area contributed by atoms with Gasteiger partial charge in [0, 0.05) is 19.3 Å². The van der Waals surface area contributed by atoms with Crippen LogP contribution in [0.15, 0.2) is 4.79 Å². The van der Waals surface area contributed by atoms with Crippen LogP contribution in [-0.2, 0) is 22.8 Å². The lowest BCUT2D eigenvalue weighted by molar-refractivity contribution is 0.0515. The van der Waals surface area contributed by atoms with Gasteiger partial charge in [0.05, 0.1) is 6.61 Å². The van der Waals surface area contributed by atoms with Crippen molar-refractivity contribution >= 4 is 22.9 Å². The van der Waals surface area contributed by atoms with E-state index in [2.05, 4.69) is 4.98 Å². The third-order valence-corrected chi connectivity index (χ3v) is 4.59. The highest BCUT2D eigenvalue weighted by atomic mass is 32.2. The van der Waals surface area contributed by atoms with E-state index < -0.39 is 34.0 Å². The molecule has 0 bridgehead atoms. The monoisotopic (exact) mass is 315 g/mol. The molecule has 1 N–H and O–H groups in total. The first-order valence-electron chi connectivity index (χ1n) is 6.60. The van der Waals surface area contributed by atoms with Crippen molar-refractivity contribution in [3.05, 3.63) is 16.0 Å². The predicted molar refractivity (Wildman–Crippen MR) is 76.7 cm³/mol. The van der Waals surface area contributed by atoms with Gasteiger partial charge < -0.3 is 9.84 Å². The van der Waals surface area contributed by atoms with Crippen molar-refractivity contribution in [1.29, 1.82) is 0 Å². The van der Waals surface area contributed by atoms with Crippen LogP contribution in [0.2, 0.25) is 0 Å². The number of nitrogens with zero attached hydrogens (tertiary/aromatic N) is 3. The zero-order valence-electron chi connectivity index (χ0n) is 11.9. The molecule has 116 valence electrons.